The van der Waals surface area contributed by atoms with Gasteiger partial charge in [-0.2, -0.15) is 13.5 Å². The second kappa shape index (κ2) is 9.00. The van der Waals surface area contributed by atoms with Crippen molar-refractivity contribution >= 4 is 44.6 Å². The smallest absolute Gasteiger partial charge is 0.414 e. The van der Waals surface area contributed by atoms with Gasteiger partial charge in [0, 0.05) is 12.1 Å². The summed E-state index contributed by atoms with van der Waals surface area (Å²) in [6.45, 7) is 0.389. The van der Waals surface area contributed by atoms with Gasteiger partial charge in [0.1, 0.15) is 28.0 Å². The summed E-state index contributed by atoms with van der Waals surface area (Å²) in [6, 6.07) is 10.2. The Morgan fingerprint density at radius 1 is 1.27 bits per heavy atom. The van der Waals surface area contributed by atoms with Gasteiger partial charge < -0.3 is 14.7 Å². The molecule has 0 aliphatic carbocycles. The summed E-state index contributed by atoms with van der Waals surface area (Å²) in [6.07, 6.45) is -0.127. The predicted octanol–water partition coefficient (Wildman–Crippen LogP) is 1.71. The first-order chi connectivity index (χ1) is 15.6. The van der Waals surface area contributed by atoms with Gasteiger partial charge in [0.15, 0.2) is 0 Å². The zero-order valence-corrected chi connectivity index (χ0v) is 18.9. The molecule has 0 aromatic heterocycles. The number of anilines is 1. The van der Waals surface area contributed by atoms with Gasteiger partial charge in [-0.05, 0) is 35.9 Å². The summed E-state index contributed by atoms with van der Waals surface area (Å²) >= 11 is 1.04. The molecule has 2 aromatic rings. The molecule has 33 heavy (non-hydrogen) atoms. The third-order valence-electron chi connectivity index (χ3n) is 4.80. The van der Waals surface area contributed by atoms with Crippen LogP contribution in [0.1, 0.15) is 16.4 Å². The molecule has 0 spiro atoms. The summed E-state index contributed by atoms with van der Waals surface area (Å²) in [5.74, 6) is -0.935. The minimum Gasteiger partial charge on any atom is -0.443 e. The third-order valence-corrected chi connectivity index (χ3v) is 6.55. The van der Waals surface area contributed by atoms with Crippen molar-refractivity contribution in [1.82, 2.24) is 5.43 Å². The Hall–Kier alpha value is -3.16. The molecule has 0 bridgehead atoms. The fraction of sp³-hybridized carbons (Fsp3) is 0.250. The van der Waals surface area contributed by atoms with Crippen LogP contribution in [0.2, 0.25) is 0 Å². The quantitative estimate of drug-likeness (QED) is 0.579. The molecule has 2 atom stereocenters. The maximum atomic E-state index is 14.9. The Morgan fingerprint density at radius 3 is 2.61 bits per heavy atom. The number of hydrazone groups is 1. The van der Waals surface area contributed by atoms with Gasteiger partial charge in [0.25, 0.3) is 5.91 Å². The van der Waals surface area contributed by atoms with Gasteiger partial charge in [-0.15, -0.1) is 0 Å². The van der Waals surface area contributed by atoms with E-state index in [0.29, 0.717) is 11.3 Å². The normalized spacial score (nSPS) is 20.8. The van der Waals surface area contributed by atoms with Crippen LogP contribution < -0.4 is 20.2 Å². The van der Waals surface area contributed by atoms with Crippen LogP contribution in [0.15, 0.2) is 47.6 Å². The molecule has 2 amide bonds. The van der Waals surface area contributed by atoms with Crippen molar-refractivity contribution in [2.45, 2.75) is 11.4 Å². The molecule has 2 aliphatic heterocycles. The molecule has 13 heteroatoms. The van der Waals surface area contributed by atoms with E-state index in [9.17, 15) is 22.4 Å². The first-order valence-corrected chi connectivity index (χ1v) is 12.4. The van der Waals surface area contributed by atoms with Crippen LogP contribution in [0, 0.1) is 5.82 Å². The number of ether oxygens (including phenoxy) is 1. The monoisotopic (exact) mass is 494 g/mol. The predicted molar refractivity (Wildman–Crippen MR) is 120 cm³/mol. The van der Waals surface area contributed by atoms with Crippen LogP contribution in [0.4, 0.5) is 14.9 Å². The van der Waals surface area contributed by atoms with Gasteiger partial charge in [0.2, 0.25) is 0 Å². The highest BCUT2D eigenvalue weighted by atomic mass is 32.2. The SMILES string of the molecule is CS(=O)(=O)Oc1ccc(C2SC(c3ccc(N4C[C@H](CN)OC4=O)cc3F)=NNC2=O)cc1. The fourth-order valence-corrected chi connectivity index (χ4v) is 4.80. The number of nitrogens with two attached hydrogens (primary N) is 1. The van der Waals surface area contributed by atoms with E-state index in [1.165, 1.54) is 29.2 Å². The molecule has 2 aromatic carbocycles. The average Bonchev–Trinajstić information content (AvgIpc) is 3.14. The molecular formula is C20H19FN4O6S2. The van der Waals surface area contributed by atoms with E-state index in [1.54, 1.807) is 18.2 Å². The molecule has 174 valence electrons. The number of thioether (sulfide) groups is 1. The molecule has 1 fully saturated rings. The number of nitrogens with one attached hydrogen (secondary N) is 1. The number of amides is 2. The van der Waals surface area contributed by atoms with Crippen LogP contribution in [0.5, 0.6) is 5.75 Å². The number of carbonyl (C=O) groups is 2. The van der Waals surface area contributed by atoms with Crippen molar-refractivity contribution < 1.29 is 31.3 Å². The number of carbonyl (C=O) groups excluding carboxylic acids is 2. The molecule has 0 radical (unpaired) electrons. The van der Waals surface area contributed by atoms with Crippen molar-refractivity contribution in [3.8, 4) is 5.75 Å². The van der Waals surface area contributed by atoms with Crippen LogP contribution >= 0.6 is 11.8 Å². The Labute approximate surface area is 193 Å². The van der Waals surface area contributed by atoms with Gasteiger partial charge >= 0.3 is 16.2 Å². The standard InChI is InChI=1S/C20H19FN4O6S2/c1-33(28,29)31-13-5-2-11(3-6-13)17-18(26)23-24-19(32-17)15-7-4-12(8-16(15)21)25-10-14(9-22)30-20(25)27/h2-8,14,17H,9-10,22H2,1H3,(H,23,26)/t14-,17?/m0/s1. The zero-order valence-electron chi connectivity index (χ0n) is 17.2. The van der Waals surface area contributed by atoms with Crippen molar-refractivity contribution in [1.29, 1.82) is 0 Å². The van der Waals surface area contributed by atoms with E-state index in [1.807, 2.05) is 0 Å². The summed E-state index contributed by atoms with van der Waals surface area (Å²) in [5, 5.41) is 3.46. The number of rotatable bonds is 6. The lowest BCUT2D eigenvalue weighted by Crippen LogP contribution is -2.30. The highest BCUT2D eigenvalue weighted by Crippen LogP contribution is 2.36. The average molecular weight is 495 g/mol. The molecule has 2 aliphatic rings. The Balaban J connectivity index is 1.53. The number of cyclic esters (lactones) is 1. The lowest BCUT2D eigenvalue weighted by Gasteiger charge is -2.22. The van der Waals surface area contributed by atoms with Gasteiger partial charge in [0.05, 0.1) is 18.5 Å². The molecule has 1 unspecified atom stereocenters. The Bertz CT molecular complexity index is 1240. The second-order valence-corrected chi connectivity index (χ2v) is 9.93. The van der Waals surface area contributed by atoms with E-state index < -0.39 is 39.3 Å². The van der Waals surface area contributed by atoms with Crippen molar-refractivity contribution in [2.24, 2.45) is 10.8 Å². The van der Waals surface area contributed by atoms with E-state index in [0.717, 1.165) is 18.0 Å². The molecule has 0 saturated carbocycles. The number of hydrogen-bond acceptors (Lipinski definition) is 9. The van der Waals surface area contributed by atoms with Crippen LogP contribution in [0.3, 0.4) is 0 Å². The molecule has 2 heterocycles. The lowest BCUT2D eigenvalue weighted by atomic mass is 10.1. The Kier molecular flexibility index (Phi) is 6.28. The second-order valence-electron chi connectivity index (χ2n) is 7.26. The Morgan fingerprint density at radius 2 is 2.00 bits per heavy atom. The van der Waals surface area contributed by atoms with Gasteiger partial charge in [-0.25, -0.2) is 14.6 Å². The number of nitrogens with zero attached hydrogens (tertiary/aromatic N) is 2. The summed E-state index contributed by atoms with van der Waals surface area (Å²) in [4.78, 5) is 25.6. The van der Waals surface area contributed by atoms with E-state index in [4.69, 9.17) is 14.7 Å². The van der Waals surface area contributed by atoms with E-state index >= 15 is 0 Å². The number of benzene rings is 2. The molecular weight excluding hydrogens is 475 g/mol. The molecule has 10 nitrogen and oxygen atoms in total. The summed E-state index contributed by atoms with van der Waals surface area (Å²) in [5.41, 5.74) is 8.93. The highest BCUT2D eigenvalue weighted by Gasteiger charge is 2.33. The minimum atomic E-state index is -3.68. The van der Waals surface area contributed by atoms with Crippen molar-refractivity contribution in [3.63, 3.8) is 0 Å². The van der Waals surface area contributed by atoms with Gasteiger partial charge in [-0.1, -0.05) is 23.9 Å². The van der Waals surface area contributed by atoms with E-state index in [2.05, 4.69) is 10.5 Å². The third kappa shape index (κ3) is 5.10. The maximum absolute atomic E-state index is 14.9. The van der Waals surface area contributed by atoms with Crippen molar-refractivity contribution in [3.05, 3.63) is 59.4 Å². The fourth-order valence-electron chi connectivity index (χ4n) is 3.27. The molecule has 3 N–H and O–H groups in total. The minimum absolute atomic E-state index is 0.107. The molecule has 4 rings (SSSR count). The first-order valence-electron chi connectivity index (χ1n) is 9.66. The lowest BCUT2D eigenvalue weighted by molar-refractivity contribution is -0.120. The largest absolute Gasteiger partial charge is 0.443 e. The van der Waals surface area contributed by atoms with Crippen LogP contribution in [0.25, 0.3) is 0 Å². The van der Waals surface area contributed by atoms with Crippen molar-refractivity contribution in [2.75, 3.05) is 24.2 Å². The summed E-state index contributed by atoms with van der Waals surface area (Å²) < 4.78 is 47.3. The van der Waals surface area contributed by atoms with E-state index in [-0.39, 0.29) is 29.4 Å². The first kappa shape index (κ1) is 23.0. The topological polar surface area (TPSA) is 140 Å². The van der Waals surface area contributed by atoms with Crippen LogP contribution in [-0.4, -0.2) is 50.9 Å². The maximum Gasteiger partial charge on any atom is 0.414 e. The number of hydrogen-bond donors (Lipinski definition) is 2. The van der Waals surface area contributed by atoms with Gasteiger partial charge in [-0.3, -0.25) is 9.69 Å². The van der Waals surface area contributed by atoms with Crippen LogP contribution in [-0.2, 0) is 19.6 Å². The summed E-state index contributed by atoms with van der Waals surface area (Å²) in [7, 11) is -3.68. The molecule has 1 saturated heterocycles. The number of halogens is 1. The highest BCUT2D eigenvalue weighted by molar-refractivity contribution is 8.15. The zero-order chi connectivity index (χ0) is 23.8.